The van der Waals surface area contributed by atoms with Gasteiger partial charge in [0.1, 0.15) is 0 Å². The minimum atomic E-state index is 0.621. The van der Waals surface area contributed by atoms with Gasteiger partial charge in [-0.05, 0) is 51.1 Å². The van der Waals surface area contributed by atoms with Crippen LogP contribution in [-0.4, -0.2) is 36.6 Å². The predicted octanol–water partition coefficient (Wildman–Crippen LogP) is 3.53. The Morgan fingerprint density at radius 3 is 2.84 bits per heavy atom. The first-order valence-corrected chi connectivity index (χ1v) is 8.56. The maximum Gasteiger partial charge on any atom is 0.0220 e. The molecule has 2 rings (SSSR count). The molecule has 2 unspecified atom stereocenters. The molecular formula is C16H28N2S. The zero-order valence-corrected chi connectivity index (χ0v) is 13.4. The van der Waals surface area contributed by atoms with Crippen molar-refractivity contribution in [2.24, 2.45) is 0 Å². The minimum absolute atomic E-state index is 0.621. The molecule has 0 aromatic carbocycles. The molecule has 3 heteroatoms. The van der Waals surface area contributed by atoms with Crippen LogP contribution < -0.4 is 5.32 Å². The molecule has 0 saturated heterocycles. The molecule has 1 aliphatic carbocycles. The molecule has 1 aromatic rings. The molecule has 0 radical (unpaired) electrons. The average Bonchev–Trinajstić information content (AvgIpc) is 3.10. The van der Waals surface area contributed by atoms with Gasteiger partial charge in [-0.3, -0.25) is 4.90 Å². The number of nitrogens with zero attached hydrogens (tertiary/aromatic N) is 1. The molecule has 0 aliphatic heterocycles. The first-order valence-electron chi connectivity index (χ1n) is 7.68. The Morgan fingerprint density at radius 1 is 1.47 bits per heavy atom. The van der Waals surface area contributed by atoms with Gasteiger partial charge in [-0.15, -0.1) is 11.3 Å². The van der Waals surface area contributed by atoms with Crippen LogP contribution in [0.1, 0.15) is 44.4 Å². The number of nitrogens with one attached hydrogen (secondary N) is 1. The Kier molecular flexibility index (Phi) is 5.86. The molecule has 19 heavy (non-hydrogen) atoms. The monoisotopic (exact) mass is 280 g/mol. The van der Waals surface area contributed by atoms with Crippen LogP contribution in [0, 0.1) is 0 Å². The molecule has 0 bridgehead atoms. The summed E-state index contributed by atoms with van der Waals surface area (Å²) in [6.45, 7) is 5.81. The van der Waals surface area contributed by atoms with E-state index in [-0.39, 0.29) is 0 Å². The van der Waals surface area contributed by atoms with Crippen molar-refractivity contribution in [3.63, 3.8) is 0 Å². The summed E-state index contributed by atoms with van der Waals surface area (Å²) in [5, 5.41) is 5.88. The van der Waals surface area contributed by atoms with E-state index in [9.17, 15) is 0 Å². The van der Waals surface area contributed by atoms with E-state index in [2.05, 4.69) is 48.6 Å². The van der Waals surface area contributed by atoms with E-state index in [1.165, 1.54) is 37.0 Å². The van der Waals surface area contributed by atoms with Gasteiger partial charge < -0.3 is 5.32 Å². The Labute approximate surface area is 122 Å². The fourth-order valence-electron chi connectivity index (χ4n) is 2.60. The van der Waals surface area contributed by atoms with E-state index in [0.29, 0.717) is 12.1 Å². The molecule has 2 nitrogen and oxygen atoms in total. The summed E-state index contributed by atoms with van der Waals surface area (Å²) in [5.41, 5.74) is 0. The molecule has 108 valence electrons. The van der Waals surface area contributed by atoms with Gasteiger partial charge in [0.2, 0.25) is 0 Å². The number of hydrogen-bond acceptors (Lipinski definition) is 3. The molecule has 1 fully saturated rings. The lowest BCUT2D eigenvalue weighted by Gasteiger charge is -2.33. The normalized spacial score (nSPS) is 18.7. The Morgan fingerprint density at radius 2 is 2.26 bits per heavy atom. The van der Waals surface area contributed by atoms with Gasteiger partial charge in [-0.2, -0.15) is 0 Å². The van der Waals surface area contributed by atoms with Crippen LogP contribution in [0.4, 0.5) is 0 Å². The van der Waals surface area contributed by atoms with Crippen LogP contribution in [0.3, 0.4) is 0 Å². The molecule has 0 amide bonds. The SMILES string of the molecule is CCCC(CNC1CC1)N(C)C(C)Cc1cccs1. The van der Waals surface area contributed by atoms with Crippen LogP contribution in [-0.2, 0) is 6.42 Å². The average molecular weight is 280 g/mol. The highest BCUT2D eigenvalue weighted by molar-refractivity contribution is 7.09. The molecule has 0 spiro atoms. The lowest BCUT2D eigenvalue weighted by Crippen LogP contribution is -2.45. The topological polar surface area (TPSA) is 15.3 Å². The molecule has 1 aliphatic rings. The smallest absolute Gasteiger partial charge is 0.0220 e. The van der Waals surface area contributed by atoms with Crippen LogP contribution in [0.5, 0.6) is 0 Å². The van der Waals surface area contributed by atoms with Crippen LogP contribution in [0.25, 0.3) is 0 Å². The van der Waals surface area contributed by atoms with Crippen molar-refractivity contribution in [3.8, 4) is 0 Å². The van der Waals surface area contributed by atoms with Gasteiger partial charge in [0, 0.05) is 29.5 Å². The second-order valence-electron chi connectivity index (χ2n) is 5.92. The number of rotatable bonds is 9. The molecule has 1 aromatic heterocycles. The van der Waals surface area contributed by atoms with Gasteiger partial charge in [-0.1, -0.05) is 19.4 Å². The van der Waals surface area contributed by atoms with Gasteiger partial charge in [0.15, 0.2) is 0 Å². The van der Waals surface area contributed by atoms with E-state index in [1.54, 1.807) is 0 Å². The van der Waals surface area contributed by atoms with Crippen molar-refractivity contribution < 1.29 is 0 Å². The maximum atomic E-state index is 3.70. The summed E-state index contributed by atoms with van der Waals surface area (Å²) in [7, 11) is 2.30. The van der Waals surface area contributed by atoms with E-state index >= 15 is 0 Å². The fourth-order valence-corrected chi connectivity index (χ4v) is 3.42. The summed E-state index contributed by atoms with van der Waals surface area (Å²) in [5.74, 6) is 0. The standard InChI is InChI=1S/C16H28N2S/c1-4-6-15(12-17-14-8-9-14)18(3)13(2)11-16-7-5-10-19-16/h5,7,10,13-15,17H,4,6,8-9,11-12H2,1-3H3. The number of thiophene rings is 1. The van der Waals surface area contributed by atoms with Crippen molar-refractivity contribution in [2.75, 3.05) is 13.6 Å². The molecule has 1 N–H and O–H groups in total. The minimum Gasteiger partial charge on any atom is -0.312 e. The third kappa shape index (κ3) is 4.90. The summed E-state index contributed by atoms with van der Waals surface area (Å²) in [4.78, 5) is 4.09. The summed E-state index contributed by atoms with van der Waals surface area (Å²) < 4.78 is 0. The van der Waals surface area contributed by atoms with Crippen LogP contribution in [0.15, 0.2) is 17.5 Å². The van der Waals surface area contributed by atoms with Crippen LogP contribution in [0.2, 0.25) is 0 Å². The Bertz CT molecular complexity index is 346. The highest BCUT2D eigenvalue weighted by Gasteiger charge is 2.24. The van der Waals surface area contributed by atoms with Gasteiger partial charge in [-0.25, -0.2) is 0 Å². The second-order valence-corrected chi connectivity index (χ2v) is 6.96. The Hall–Kier alpha value is -0.380. The number of likely N-dealkylation sites (N-methyl/N-ethyl adjacent to an activating group) is 1. The zero-order valence-electron chi connectivity index (χ0n) is 12.6. The maximum absolute atomic E-state index is 3.70. The van der Waals surface area contributed by atoms with Crippen molar-refractivity contribution in [3.05, 3.63) is 22.4 Å². The summed E-state index contributed by atoms with van der Waals surface area (Å²) >= 11 is 1.88. The fraction of sp³-hybridized carbons (Fsp3) is 0.750. The summed E-state index contributed by atoms with van der Waals surface area (Å²) in [6, 6.07) is 6.54. The van der Waals surface area contributed by atoms with Crippen LogP contribution >= 0.6 is 11.3 Å². The molecule has 1 saturated carbocycles. The molecular weight excluding hydrogens is 252 g/mol. The quantitative estimate of drug-likeness (QED) is 0.744. The van der Waals surface area contributed by atoms with E-state index in [0.717, 1.165) is 12.6 Å². The predicted molar refractivity (Wildman–Crippen MR) is 85.0 cm³/mol. The van der Waals surface area contributed by atoms with Gasteiger partial charge in [0.25, 0.3) is 0 Å². The first kappa shape index (κ1) is 15.0. The first-order chi connectivity index (χ1) is 9.20. The highest BCUT2D eigenvalue weighted by Crippen LogP contribution is 2.20. The Balaban J connectivity index is 1.82. The lowest BCUT2D eigenvalue weighted by molar-refractivity contribution is 0.169. The third-order valence-corrected chi connectivity index (χ3v) is 5.09. The summed E-state index contributed by atoms with van der Waals surface area (Å²) in [6.07, 6.45) is 6.51. The van der Waals surface area contributed by atoms with Crippen molar-refractivity contribution in [1.82, 2.24) is 10.2 Å². The zero-order chi connectivity index (χ0) is 13.7. The van der Waals surface area contributed by atoms with E-state index in [1.807, 2.05) is 11.3 Å². The molecule has 2 atom stereocenters. The van der Waals surface area contributed by atoms with E-state index in [4.69, 9.17) is 0 Å². The van der Waals surface area contributed by atoms with Gasteiger partial charge >= 0.3 is 0 Å². The number of hydrogen-bond donors (Lipinski definition) is 1. The second kappa shape index (κ2) is 7.41. The highest BCUT2D eigenvalue weighted by atomic mass is 32.1. The van der Waals surface area contributed by atoms with Gasteiger partial charge in [0.05, 0.1) is 0 Å². The largest absolute Gasteiger partial charge is 0.312 e. The molecule has 1 heterocycles. The van der Waals surface area contributed by atoms with Crippen molar-refractivity contribution >= 4 is 11.3 Å². The lowest BCUT2D eigenvalue weighted by atomic mass is 10.1. The van der Waals surface area contributed by atoms with E-state index < -0.39 is 0 Å². The third-order valence-electron chi connectivity index (χ3n) is 4.19. The van der Waals surface area contributed by atoms with Crippen molar-refractivity contribution in [2.45, 2.75) is 64.1 Å². The van der Waals surface area contributed by atoms with Crippen molar-refractivity contribution in [1.29, 1.82) is 0 Å².